The molecule has 0 saturated carbocycles. The van der Waals surface area contributed by atoms with Crippen molar-refractivity contribution < 1.29 is 9.31 Å². The number of aromatic nitrogens is 2. The van der Waals surface area contributed by atoms with E-state index in [1.54, 1.807) is 12.4 Å². The molecule has 0 atom stereocenters. The fourth-order valence-corrected chi connectivity index (χ4v) is 3.04. The first kappa shape index (κ1) is 17.1. The zero-order chi connectivity index (χ0) is 17.8. The van der Waals surface area contributed by atoms with Gasteiger partial charge in [-0.3, -0.25) is 10.1 Å². The maximum absolute atomic E-state index is 13.7. The van der Waals surface area contributed by atoms with Crippen molar-refractivity contribution in [2.45, 2.75) is 32.2 Å². The highest BCUT2D eigenvalue weighted by atomic mass is 19.1. The van der Waals surface area contributed by atoms with Crippen molar-refractivity contribution in [1.82, 2.24) is 9.97 Å². The van der Waals surface area contributed by atoms with Crippen LogP contribution in [0.15, 0.2) is 30.6 Å². The van der Waals surface area contributed by atoms with Crippen molar-refractivity contribution in [1.29, 1.82) is 0 Å². The van der Waals surface area contributed by atoms with Gasteiger partial charge in [-0.05, 0) is 31.4 Å². The lowest BCUT2D eigenvalue weighted by Crippen LogP contribution is -2.39. The number of nitro groups is 1. The van der Waals surface area contributed by atoms with E-state index in [0.717, 1.165) is 49.9 Å². The summed E-state index contributed by atoms with van der Waals surface area (Å²) in [6.07, 6.45) is 4.02. The molecule has 0 spiro atoms. The van der Waals surface area contributed by atoms with Gasteiger partial charge in [0.05, 0.1) is 4.92 Å². The molecular weight excluding hydrogens is 325 g/mol. The van der Waals surface area contributed by atoms with Gasteiger partial charge in [0.2, 0.25) is 5.82 Å². The Morgan fingerprint density at radius 2 is 2.12 bits per heavy atom. The van der Waals surface area contributed by atoms with Crippen molar-refractivity contribution in [2.24, 2.45) is 0 Å². The van der Waals surface area contributed by atoms with Crippen LogP contribution in [0.1, 0.15) is 25.5 Å². The predicted octanol–water partition coefficient (Wildman–Crippen LogP) is 3.17. The monoisotopic (exact) mass is 345 g/mol. The zero-order valence-electron chi connectivity index (χ0n) is 14.0. The molecule has 1 aromatic carbocycles. The van der Waals surface area contributed by atoms with Gasteiger partial charge in [-0.1, -0.05) is 13.0 Å². The number of anilines is 2. The molecular formula is C17H20FN5O2. The summed E-state index contributed by atoms with van der Waals surface area (Å²) >= 11 is 0. The Bertz CT molecular complexity index is 762. The molecule has 0 radical (unpaired) electrons. The molecule has 7 nitrogen and oxygen atoms in total. The predicted molar refractivity (Wildman–Crippen MR) is 93.3 cm³/mol. The number of aryl methyl sites for hydroxylation is 1. The van der Waals surface area contributed by atoms with Gasteiger partial charge >= 0.3 is 5.69 Å². The lowest BCUT2D eigenvalue weighted by molar-refractivity contribution is -0.386. The van der Waals surface area contributed by atoms with E-state index in [1.807, 2.05) is 13.0 Å². The number of nitrogens with zero attached hydrogens (tertiary/aromatic N) is 4. The highest BCUT2D eigenvalue weighted by molar-refractivity contribution is 5.62. The van der Waals surface area contributed by atoms with Crippen molar-refractivity contribution in [3.05, 3.63) is 52.2 Å². The SMILES string of the molecule is CCc1cc(N2CCC(Nc3cccc(F)c3[N+](=O)[O-])CC2)ncn1. The summed E-state index contributed by atoms with van der Waals surface area (Å²) in [6, 6.07) is 6.18. The molecule has 3 rings (SSSR count). The van der Waals surface area contributed by atoms with Crippen molar-refractivity contribution in [3.8, 4) is 0 Å². The molecule has 1 N–H and O–H groups in total. The third-order valence-electron chi connectivity index (χ3n) is 4.42. The molecule has 132 valence electrons. The smallest absolute Gasteiger partial charge is 0.327 e. The number of benzene rings is 1. The second-order valence-corrected chi connectivity index (χ2v) is 6.02. The van der Waals surface area contributed by atoms with Crippen LogP contribution in [-0.4, -0.2) is 34.0 Å². The van der Waals surface area contributed by atoms with Crippen LogP contribution in [0.3, 0.4) is 0 Å². The molecule has 2 aromatic rings. The van der Waals surface area contributed by atoms with Gasteiger partial charge in [0, 0.05) is 30.9 Å². The molecule has 1 saturated heterocycles. The average molecular weight is 345 g/mol. The first-order valence-corrected chi connectivity index (χ1v) is 8.33. The molecule has 2 heterocycles. The topological polar surface area (TPSA) is 84.2 Å². The van der Waals surface area contributed by atoms with Crippen LogP contribution in [-0.2, 0) is 6.42 Å². The number of hydrogen-bond donors (Lipinski definition) is 1. The maximum Gasteiger partial charge on any atom is 0.327 e. The van der Waals surface area contributed by atoms with Gasteiger partial charge in [0.15, 0.2) is 0 Å². The van der Waals surface area contributed by atoms with Crippen molar-refractivity contribution >= 4 is 17.2 Å². The van der Waals surface area contributed by atoms with Gasteiger partial charge in [-0.25, -0.2) is 9.97 Å². The molecule has 0 aliphatic carbocycles. The fourth-order valence-electron chi connectivity index (χ4n) is 3.04. The highest BCUT2D eigenvalue weighted by Gasteiger charge is 2.25. The second kappa shape index (κ2) is 7.42. The largest absolute Gasteiger partial charge is 0.377 e. The van der Waals surface area contributed by atoms with E-state index < -0.39 is 16.4 Å². The molecule has 1 aliphatic heterocycles. The number of nitro benzene ring substituents is 1. The van der Waals surface area contributed by atoms with Gasteiger partial charge < -0.3 is 10.2 Å². The van der Waals surface area contributed by atoms with E-state index in [1.165, 1.54) is 6.07 Å². The average Bonchev–Trinajstić information content (AvgIpc) is 2.62. The van der Waals surface area contributed by atoms with Crippen LogP contribution in [0.4, 0.5) is 21.6 Å². The number of rotatable bonds is 5. The van der Waals surface area contributed by atoms with Gasteiger partial charge in [-0.2, -0.15) is 4.39 Å². The van der Waals surface area contributed by atoms with Crippen LogP contribution in [0.25, 0.3) is 0 Å². The van der Waals surface area contributed by atoms with Crippen molar-refractivity contribution in [3.63, 3.8) is 0 Å². The Kier molecular flexibility index (Phi) is 5.06. The van der Waals surface area contributed by atoms with E-state index in [2.05, 4.69) is 20.2 Å². The third kappa shape index (κ3) is 3.84. The lowest BCUT2D eigenvalue weighted by Gasteiger charge is -2.33. The van der Waals surface area contributed by atoms with Crippen molar-refractivity contribution in [2.75, 3.05) is 23.3 Å². The highest BCUT2D eigenvalue weighted by Crippen LogP contribution is 2.29. The van der Waals surface area contributed by atoms with Crippen LogP contribution in [0, 0.1) is 15.9 Å². The summed E-state index contributed by atoms with van der Waals surface area (Å²) in [5, 5.41) is 14.2. The Morgan fingerprint density at radius 1 is 1.36 bits per heavy atom. The number of hydrogen-bond acceptors (Lipinski definition) is 6. The third-order valence-corrected chi connectivity index (χ3v) is 4.42. The lowest BCUT2D eigenvalue weighted by atomic mass is 10.0. The first-order chi connectivity index (χ1) is 12.1. The van der Waals surface area contributed by atoms with E-state index in [0.29, 0.717) is 0 Å². The zero-order valence-corrected chi connectivity index (χ0v) is 14.0. The summed E-state index contributed by atoms with van der Waals surface area (Å²) in [5.41, 5.74) is 0.743. The molecule has 1 aliphatic rings. The minimum atomic E-state index is -0.819. The van der Waals surface area contributed by atoms with E-state index in [4.69, 9.17) is 0 Å². The summed E-state index contributed by atoms with van der Waals surface area (Å²) in [6.45, 7) is 3.61. The summed E-state index contributed by atoms with van der Waals surface area (Å²) in [7, 11) is 0. The Labute approximate surface area is 145 Å². The Morgan fingerprint density at radius 3 is 2.80 bits per heavy atom. The number of halogens is 1. The Hall–Kier alpha value is -2.77. The number of piperidine rings is 1. The molecule has 25 heavy (non-hydrogen) atoms. The minimum absolute atomic E-state index is 0.0595. The Balaban J connectivity index is 1.65. The molecule has 0 unspecified atom stereocenters. The molecule has 1 fully saturated rings. The van der Waals surface area contributed by atoms with E-state index in [-0.39, 0.29) is 11.7 Å². The second-order valence-electron chi connectivity index (χ2n) is 6.02. The van der Waals surface area contributed by atoms with E-state index >= 15 is 0 Å². The molecule has 0 amide bonds. The fraction of sp³-hybridized carbons (Fsp3) is 0.412. The van der Waals surface area contributed by atoms with Crippen LogP contribution >= 0.6 is 0 Å². The normalized spacial score (nSPS) is 15.2. The summed E-state index contributed by atoms with van der Waals surface area (Å²) < 4.78 is 13.7. The quantitative estimate of drug-likeness (QED) is 0.662. The standard InChI is InChI=1S/C17H20FN5O2/c1-2-12-10-16(20-11-19-12)22-8-6-13(7-9-22)21-15-5-3-4-14(18)17(15)23(24)25/h3-5,10-11,13,21H,2,6-9H2,1H3. The summed E-state index contributed by atoms with van der Waals surface area (Å²) in [4.78, 5) is 21.1. The summed E-state index contributed by atoms with van der Waals surface area (Å²) in [5.74, 6) is 0.0857. The maximum atomic E-state index is 13.7. The van der Waals surface area contributed by atoms with Crippen LogP contribution in [0.2, 0.25) is 0 Å². The molecule has 1 aromatic heterocycles. The van der Waals surface area contributed by atoms with Gasteiger partial charge in [-0.15, -0.1) is 0 Å². The molecule has 8 heteroatoms. The minimum Gasteiger partial charge on any atom is -0.377 e. The van der Waals surface area contributed by atoms with Gasteiger partial charge in [0.25, 0.3) is 0 Å². The van der Waals surface area contributed by atoms with Gasteiger partial charge in [0.1, 0.15) is 17.8 Å². The van der Waals surface area contributed by atoms with Crippen LogP contribution in [0.5, 0.6) is 0 Å². The van der Waals surface area contributed by atoms with E-state index in [9.17, 15) is 14.5 Å². The number of para-hydroxylation sites is 1. The first-order valence-electron chi connectivity index (χ1n) is 8.33. The van der Waals surface area contributed by atoms with Crippen LogP contribution < -0.4 is 10.2 Å². The molecule has 0 bridgehead atoms. The number of nitrogens with one attached hydrogen (secondary N) is 1.